The van der Waals surface area contributed by atoms with E-state index in [1.165, 1.54) is 11.1 Å². The summed E-state index contributed by atoms with van der Waals surface area (Å²) in [7, 11) is 0. The minimum absolute atomic E-state index is 0. The van der Waals surface area contributed by atoms with Crippen molar-refractivity contribution < 1.29 is 9.90 Å². The summed E-state index contributed by atoms with van der Waals surface area (Å²) in [5, 5.41) is 15.6. The Bertz CT molecular complexity index is 440. The van der Waals surface area contributed by atoms with E-state index in [0.717, 1.165) is 13.0 Å². The minimum atomic E-state index is -0.336. The van der Waals surface area contributed by atoms with Gasteiger partial charge in [-0.3, -0.25) is 4.79 Å². The second kappa shape index (κ2) is 8.25. The largest absolute Gasteiger partial charge is 0.391 e. The summed E-state index contributed by atoms with van der Waals surface area (Å²) in [5.74, 6) is 0.199. The molecule has 2 atom stereocenters. The number of nitrogens with one attached hydrogen (secondary N) is 2. The molecule has 0 aliphatic carbocycles. The number of aliphatic hydroxyl groups excluding tert-OH is 1. The van der Waals surface area contributed by atoms with Crippen molar-refractivity contribution in [2.24, 2.45) is 5.92 Å². The lowest BCUT2D eigenvalue weighted by molar-refractivity contribution is -0.121. The normalized spacial score (nSPS) is 21.3. The van der Waals surface area contributed by atoms with Gasteiger partial charge in [-0.15, -0.1) is 12.4 Å². The molecule has 0 bridgehead atoms. The Kier molecular flexibility index (Phi) is 6.99. The van der Waals surface area contributed by atoms with E-state index < -0.39 is 0 Å². The molecule has 0 spiro atoms. The number of carbonyl (C=O) groups excluding carboxylic acids is 1. The fourth-order valence-corrected chi connectivity index (χ4v) is 2.40. The van der Waals surface area contributed by atoms with Crippen molar-refractivity contribution >= 4 is 18.3 Å². The Morgan fingerprint density at radius 2 is 2.15 bits per heavy atom. The predicted octanol–water partition coefficient (Wildman–Crippen LogP) is 1.05. The predicted molar refractivity (Wildman–Crippen MR) is 82.1 cm³/mol. The third kappa shape index (κ3) is 4.78. The summed E-state index contributed by atoms with van der Waals surface area (Å²) < 4.78 is 0. The van der Waals surface area contributed by atoms with E-state index in [4.69, 9.17) is 0 Å². The van der Waals surface area contributed by atoms with E-state index >= 15 is 0 Å². The van der Waals surface area contributed by atoms with Gasteiger partial charge >= 0.3 is 0 Å². The van der Waals surface area contributed by atoms with Crippen LogP contribution in [0.15, 0.2) is 24.3 Å². The van der Waals surface area contributed by atoms with Gasteiger partial charge in [-0.1, -0.05) is 24.3 Å². The maximum atomic E-state index is 11.8. The number of hydrogen-bond acceptors (Lipinski definition) is 3. The van der Waals surface area contributed by atoms with Crippen LogP contribution in [0.25, 0.3) is 0 Å². The number of aliphatic hydroxyl groups is 1. The van der Waals surface area contributed by atoms with Crippen LogP contribution in [-0.4, -0.2) is 36.8 Å². The second-order valence-electron chi connectivity index (χ2n) is 5.22. The van der Waals surface area contributed by atoms with Crippen molar-refractivity contribution in [3.05, 3.63) is 35.4 Å². The van der Waals surface area contributed by atoms with Gasteiger partial charge in [0.15, 0.2) is 0 Å². The average molecular weight is 299 g/mol. The molecule has 112 valence electrons. The Balaban J connectivity index is 0.00000200. The molecule has 2 unspecified atom stereocenters. The van der Waals surface area contributed by atoms with E-state index in [1.807, 2.05) is 12.1 Å². The van der Waals surface area contributed by atoms with E-state index in [2.05, 4.69) is 29.7 Å². The molecule has 5 heteroatoms. The van der Waals surface area contributed by atoms with Crippen molar-refractivity contribution in [1.82, 2.24) is 10.6 Å². The summed E-state index contributed by atoms with van der Waals surface area (Å²) in [6.07, 6.45) is 0.933. The number of β-amino-alcohol motifs (C(OH)–C–C–N with tert-alkyl or cyclic N) is 1. The van der Waals surface area contributed by atoms with Crippen molar-refractivity contribution in [3.63, 3.8) is 0 Å². The zero-order chi connectivity index (χ0) is 13.7. The molecule has 0 aromatic heterocycles. The quantitative estimate of drug-likeness (QED) is 0.761. The highest BCUT2D eigenvalue weighted by Crippen LogP contribution is 2.10. The molecule has 1 aliphatic rings. The van der Waals surface area contributed by atoms with Crippen LogP contribution in [0.1, 0.15) is 17.5 Å². The van der Waals surface area contributed by atoms with Gasteiger partial charge in [0.1, 0.15) is 0 Å². The smallest absolute Gasteiger partial charge is 0.220 e. The third-order valence-electron chi connectivity index (χ3n) is 3.75. The summed E-state index contributed by atoms with van der Waals surface area (Å²) in [6.45, 7) is 4.03. The number of amides is 1. The molecule has 20 heavy (non-hydrogen) atoms. The number of rotatable bonds is 5. The Morgan fingerprint density at radius 3 is 2.80 bits per heavy atom. The van der Waals surface area contributed by atoms with Crippen LogP contribution in [0.3, 0.4) is 0 Å². The first-order valence-electron chi connectivity index (χ1n) is 6.87. The van der Waals surface area contributed by atoms with Crippen molar-refractivity contribution in [2.45, 2.75) is 25.9 Å². The van der Waals surface area contributed by atoms with Crippen LogP contribution in [0, 0.1) is 12.8 Å². The molecule has 1 aromatic rings. The zero-order valence-corrected chi connectivity index (χ0v) is 12.6. The molecule has 1 amide bonds. The Hall–Kier alpha value is -1.10. The van der Waals surface area contributed by atoms with Gasteiger partial charge in [-0.25, -0.2) is 0 Å². The fraction of sp³-hybridized carbons (Fsp3) is 0.533. The van der Waals surface area contributed by atoms with Gasteiger partial charge in [0.2, 0.25) is 5.91 Å². The van der Waals surface area contributed by atoms with E-state index in [0.29, 0.717) is 19.5 Å². The topological polar surface area (TPSA) is 61.4 Å². The molecule has 2 rings (SSSR count). The molecule has 1 saturated heterocycles. The van der Waals surface area contributed by atoms with E-state index in [1.54, 1.807) is 0 Å². The van der Waals surface area contributed by atoms with Crippen LogP contribution < -0.4 is 10.6 Å². The van der Waals surface area contributed by atoms with Crippen LogP contribution in [-0.2, 0) is 11.2 Å². The number of benzene rings is 1. The molecule has 0 saturated carbocycles. The molecular formula is C15H23ClN2O2. The van der Waals surface area contributed by atoms with Gasteiger partial charge < -0.3 is 15.7 Å². The molecular weight excluding hydrogens is 276 g/mol. The summed E-state index contributed by atoms with van der Waals surface area (Å²) in [6, 6.07) is 8.13. The van der Waals surface area contributed by atoms with Crippen LogP contribution in [0.2, 0.25) is 0 Å². The summed E-state index contributed by atoms with van der Waals surface area (Å²) >= 11 is 0. The molecule has 3 N–H and O–H groups in total. The minimum Gasteiger partial charge on any atom is -0.391 e. The van der Waals surface area contributed by atoms with Gasteiger partial charge in [0.25, 0.3) is 0 Å². The molecule has 1 heterocycles. The molecule has 1 aromatic carbocycles. The highest BCUT2D eigenvalue weighted by molar-refractivity contribution is 5.85. The Morgan fingerprint density at radius 1 is 1.40 bits per heavy atom. The van der Waals surface area contributed by atoms with Gasteiger partial charge in [0, 0.05) is 32.0 Å². The van der Waals surface area contributed by atoms with Crippen molar-refractivity contribution in [2.75, 3.05) is 19.6 Å². The first kappa shape index (κ1) is 17.0. The van der Waals surface area contributed by atoms with E-state index in [9.17, 15) is 9.90 Å². The maximum Gasteiger partial charge on any atom is 0.220 e. The summed E-state index contributed by atoms with van der Waals surface area (Å²) in [4.78, 5) is 11.8. The second-order valence-corrected chi connectivity index (χ2v) is 5.22. The monoisotopic (exact) mass is 298 g/mol. The van der Waals surface area contributed by atoms with Gasteiger partial charge in [-0.2, -0.15) is 0 Å². The number of hydrogen-bond donors (Lipinski definition) is 3. The van der Waals surface area contributed by atoms with Crippen LogP contribution in [0.4, 0.5) is 0 Å². The summed E-state index contributed by atoms with van der Waals surface area (Å²) in [5.41, 5.74) is 2.45. The lowest BCUT2D eigenvalue weighted by Crippen LogP contribution is -2.34. The van der Waals surface area contributed by atoms with Gasteiger partial charge in [0.05, 0.1) is 6.10 Å². The highest BCUT2D eigenvalue weighted by atomic mass is 35.5. The zero-order valence-electron chi connectivity index (χ0n) is 11.8. The van der Waals surface area contributed by atoms with Gasteiger partial charge in [-0.05, 0) is 24.5 Å². The average Bonchev–Trinajstić information content (AvgIpc) is 2.81. The first-order chi connectivity index (χ1) is 9.16. The van der Waals surface area contributed by atoms with Crippen LogP contribution >= 0.6 is 12.4 Å². The SMILES string of the molecule is Cc1ccccc1CCC(=O)NCC1CNCC1O.Cl. The standard InChI is InChI=1S/C15H22N2O2.ClH/c1-11-4-2-3-5-12(11)6-7-15(19)17-9-13-8-16-10-14(13)18;/h2-5,13-14,16,18H,6-10H2,1H3,(H,17,19);1H. The number of halogens is 1. The molecule has 0 radical (unpaired) electrons. The van der Waals surface area contributed by atoms with Crippen LogP contribution in [0.5, 0.6) is 0 Å². The highest BCUT2D eigenvalue weighted by Gasteiger charge is 2.24. The lowest BCUT2D eigenvalue weighted by Gasteiger charge is -2.14. The van der Waals surface area contributed by atoms with Crippen molar-refractivity contribution in [3.8, 4) is 0 Å². The maximum absolute atomic E-state index is 11.8. The number of carbonyl (C=O) groups is 1. The molecule has 1 fully saturated rings. The Labute approximate surface area is 126 Å². The fourth-order valence-electron chi connectivity index (χ4n) is 2.40. The molecule has 1 aliphatic heterocycles. The third-order valence-corrected chi connectivity index (χ3v) is 3.75. The lowest BCUT2D eigenvalue weighted by atomic mass is 10.0. The van der Waals surface area contributed by atoms with Crippen molar-refractivity contribution in [1.29, 1.82) is 0 Å². The number of aryl methyl sites for hydroxylation is 2. The first-order valence-corrected chi connectivity index (χ1v) is 6.87. The molecule has 4 nitrogen and oxygen atoms in total. The van der Waals surface area contributed by atoms with E-state index in [-0.39, 0.29) is 30.3 Å².